The molecule has 4 N–H and O–H groups in total. The number of imidazole rings is 1. The average molecular weight is 313 g/mol. The lowest BCUT2D eigenvalue weighted by atomic mass is 9.94. The molecule has 1 aromatic heterocycles. The number of carbonyl (C=O) groups is 2. The Bertz CT molecular complexity index is 572. The lowest BCUT2D eigenvalue weighted by Crippen LogP contribution is -2.51. The molecular weight excluding hydrogens is 294 g/mol. The third-order valence-corrected chi connectivity index (χ3v) is 3.63. The van der Waals surface area contributed by atoms with Crippen LogP contribution in [0.4, 0.5) is 0 Å². The van der Waals surface area contributed by atoms with E-state index in [4.69, 9.17) is 0 Å². The summed E-state index contributed by atoms with van der Waals surface area (Å²) in [6.07, 6.45) is -1.19. The summed E-state index contributed by atoms with van der Waals surface area (Å²) < 4.78 is 6.04. The summed E-state index contributed by atoms with van der Waals surface area (Å²) in [4.78, 5) is 26.9. The number of rotatable bonds is 4. The third-order valence-electron chi connectivity index (χ3n) is 3.63. The minimum absolute atomic E-state index is 0.0897. The summed E-state index contributed by atoms with van der Waals surface area (Å²) in [6, 6.07) is -1.74. The molecule has 122 valence electrons. The molecule has 0 saturated carbocycles. The highest BCUT2D eigenvalue weighted by Gasteiger charge is 2.42. The van der Waals surface area contributed by atoms with Gasteiger partial charge in [0.1, 0.15) is 24.1 Å². The number of esters is 1. The van der Waals surface area contributed by atoms with E-state index in [0.717, 1.165) is 0 Å². The molecule has 0 aromatic carbocycles. The first-order chi connectivity index (χ1) is 10.4. The minimum atomic E-state index is -1.32. The molecule has 1 amide bonds. The second-order valence-electron chi connectivity index (χ2n) is 5.16. The number of nitrogens with one attached hydrogen (secondary N) is 1. The van der Waals surface area contributed by atoms with Crippen LogP contribution in [0.15, 0.2) is 6.20 Å². The monoisotopic (exact) mass is 313 g/mol. The number of hydrogen-bond donors (Lipinski definition) is 4. The van der Waals surface area contributed by atoms with E-state index in [1.54, 1.807) is 0 Å². The quantitative estimate of drug-likeness (QED) is 0.474. The van der Waals surface area contributed by atoms with Gasteiger partial charge in [0.2, 0.25) is 5.91 Å². The first-order valence-corrected chi connectivity index (χ1v) is 6.77. The molecule has 1 aliphatic heterocycles. The molecule has 0 unspecified atom stereocenters. The zero-order valence-electron chi connectivity index (χ0n) is 12.3. The van der Waals surface area contributed by atoms with Crippen molar-refractivity contribution >= 4 is 11.9 Å². The molecule has 0 spiro atoms. The molecule has 0 fully saturated rings. The van der Waals surface area contributed by atoms with Gasteiger partial charge in [0.05, 0.1) is 31.9 Å². The second kappa shape index (κ2) is 6.42. The highest BCUT2D eigenvalue weighted by molar-refractivity contribution is 5.73. The number of methoxy groups -OCH3 is 1. The van der Waals surface area contributed by atoms with Gasteiger partial charge < -0.3 is 29.9 Å². The summed E-state index contributed by atoms with van der Waals surface area (Å²) in [7, 11) is 1.25. The zero-order valence-corrected chi connectivity index (χ0v) is 12.3. The second-order valence-corrected chi connectivity index (χ2v) is 5.16. The maximum absolute atomic E-state index is 11.3. The first kappa shape index (κ1) is 16.4. The van der Waals surface area contributed by atoms with Crippen molar-refractivity contribution in [1.29, 1.82) is 0 Å². The lowest BCUT2D eigenvalue weighted by molar-refractivity contribution is -0.139. The van der Waals surface area contributed by atoms with Gasteiger partial charge in [-0.2, -0.15) is 0 Å². The van der Waals surface area contributed by atoms with Crippen LogP contribution in [0.1, 0.15) is 30.5 Å². The van der Waals surface area contributed by atoms with Gasteiger partial charge in [-0.25, -0.2) is 4.98 Å². The third kappa shape index (κ3) is 2.96. The molecule has 9 heteroatoms. The van der Waals surface area contributed by atoms with E-state index < -0.39 is 42.8 Å². The zero-order chi connectivity index (χ0) is 16.4. The Morgan fingerprint density at radius 1 is 1.41 bits per heavy atom. The molecule has 2 heterocycles. The summed E-state index contributed by atoms with van der Waals surface area (Å²) in [5, 5.41) is 32.2. The number of ether oxygens (including phenoxy) is 1. The molecule has 1 aromatic rings. The van der Waals surface area contributed by atoms with Crippen molar-refractivity contribution in [2.75, 3.05) is 13.7 Å². The highest BCUT2D eigenvalue weighted by atomic mass is 16.5. The van der Waals surface area contributed by atoms with E-state index >= 15 is 0 Å². The molecule has 0 saturated heterocycles. The van der Waals surface area contributed by atoms with E-state index in [-0.39, 0.29) is 12.2 Å². The van der Waals surface area contributed by atoms with Crippen molar-refractivity contribution in [3.05, 3.63) is 17.7 Å². The number of aromatic nitrogens is 2. The average Bonchev–Trinajstić information content (AvgIpc) is 2.87. The van der Waals surface area contributed by atoms with E-state index in [0.29, 0.717) is 5.69 Å². The van der Waals surface area contributed by atoms with Crippen molar-refractivity contribution in [2.45, 2.75) is 37.6 Å². The van der Waals surface area contributed by atoms with E-state index in [1.165, 1.54) is 24.8 Å². The number of carbonyl (C=O) groups excluding carboxylic acids is 2. The lowest BCUT2D eigenvalue weighted by Gasteiger charge is -2.37. The van der Waals surface area contributed by atoms with Crippen LogP contribution >= 0.6 is 0 Å². The van der Waals surface area contributed by atoms with Crippen LogP contribution < -0.4 is 5.32 Å². The van der Waals surface area contributed by atoms with E-state index in [9.17, 15) is 24.9 Å². The summed E-state index contributed by atoms with van der Waals surface area (Å²) in [5.41, 5.74) is 0.358. The number of aliphatic hydroxyl groups is 3. The fourth-order valence-electron chi connectivity index (χ4n) is 2.57. The van der Waals surface area contributed by atoms with Crippen LogP contribution in [0.5, 0.6) is 0 Å². The summed E-state index contributed by atoms with van der Waals surface area (Å²) >= 11 is 0. The van der Waals surface area contributed by atoms with Gasteiger partial charge in [-0.15, -0.1) is 0 Å². The van der Waals surface area contributed by atoms with Gasteiger partial charge in [0, 0.05) is 13.1 Å². The van der Waals surface area contributed by atoms with Gasteiger partial charge >= 0.3 is 5.97 Å². The molecule has 9 nitrogen and oxygen atoms in total. The van der Waals surface area contributed by atoms with Crippen LogP contribution in [0.2, 0.25) is 0 Å². The number of fused-ring (bicyclic) bond motifs is 1. The molecule has 0 aliphatic carbocycles. The topological polar surface area (TPSA) is 134 Å². The first-order valence-electron chi connectivity index (χ1n) is 6.77. The van der Waals surface area contributed by atoms with Gasteiger partial charge in [0.15, 0.2) is 0 Å². The maximum Gasteiger partial charge on any atom is 0.311 e. The SMILES string of the molecule is COC(=O)Cc1cn2c(n1)[C@H](NC(C)=O)[C@@H](O)[C@H](O)[C@H]2CO. The number of aliphatic hydroxyl groups excluding tert-OH is 3. The van der Waals surface area contributed by atoms with Crippen LogP contribution in [0.25, 0.3) is 0 Å². The predicted octanol–water partition coefficient (Wildman–Crippen LogP) is -1.96. The van der Waals surface area contributed by atoms with Gasteiger partial charge in [0.25, 0.3) is 0 Å². The molecular formula is C13H19N3O6. The maximum atomic E-state index is 11.3. The summed E-state index contributed by atoms with van der Waals surface area (Å²) in [6.45, 7) is 0.853. The standard InChI is InChI=1S/C13H19N3O6/c1-6(18)14-10-12(21)11(20)8(5-17)16-4-7(15-13(10)16)3-9(19)22-2/h4,8,10-12,17,20-21H,3,5H2,1-2H3,(H,14,18)/t8-,10-,11-,12-/m1/s1. The molecule has 2 rings (SSSR count). The fourth-order valence-corrected chi connectivity index (χ4v) is 2.57. The van der Waals surface area contributed by atoms with Crippen molar-refractivity contribution in [2.24, 2.45) is 0 Å². The van der Waals surface area contributed by atoms with Gasteiger partial charge in [-0.1, -0.05) is 0 Å². The van der Waals surface area contributed by atoms with Gasteiger partial charge in [-0.05, 0) is 0 Å². The Kier molecular flexibility index (Phi) is 4.79. The Morgan fingerprint density at radius 3 is 2.64 bits per heavy atom. The van der Waals surface area contributed by atoms with Crippen molar-refractivity contribution < 1.29 is 29.6 Å². The Labute approximate surface area is 126 Å². The van der Waals surface area contributed by atoms with E-state index in [2.05, 4.69) is 15.0 Å². The Morgan fingerprint density at radius 2 is 2.09 bits per heavy atom. The van der Waals surface area contributed by atoms with Crippen molar-refractivity contribution in [1.82, 2.24) is 14.9 Å². The normalized spacial score (nSPS) is 27.1. The highest BCUT2D eigenvalue weighted by Crippen LogP contribution is 2.32. The molecule has 4 atom stereocenters. The van der Waals surface area contributed by atoms with Crippen LogP contribution in [-0.2, 0) is 20.7 Å². The minimum Gasteiger partial charge on any atom is -0.469 e. The van der Waals surface area contributed by atoms with Crippen molar-refractivity contribution in [3.63, 3.8) is 0 Å². The molecule has 1 aliphatic rings. The number of amides is 1. The number of nitrogens with zero attached hydrogens (tertiary/aromatic N) is 2. The fraction of sp³-hybridized carbons (Fsp3) is 0.615. The van der Waals surface area contributed by atoms with Crippen LogP contribution in [0.3, 0.4) is 0 Å². The van der Waals surface area contributed by atoms with Crippen molar-refractivity contribution in [3.8, 4) is 0 Å². The number of hydrogen-bond acceptors (Lipinski definition) is 7. The van der Waals surface area contributed by atoms with Gasteiger partial charge in [-0.3, -0.25) is 9.59 Å². The van der Waals surface area contributed by atoms with Crippen LogP contribution in [-0.4, -0.2) is 62.7 Å². The largest absolute Gasteiger partial charge is 0.469 e. The van der Waals surface area contributed by atoms with Crippen LogP contribution in [0, 0.1) is 0 Å². The predicted molar refractivity (Wildman–Crippen MR) is 72.6 cm³/mol. The molecule has 22 heavy (non-hydrogen) atoms. The van der Waals surface area contributed by atoms with E-state index in [1.807, 2.05) is 0 Å². The smallest absolute Gasteiger partial charge is 0.311 e. The molecule has 0 bridgehead atoms. The Balaban J connectivity index is 2.42. The molecule has 0 radical (unpaired) electrons. The summed E-state index contributed by atoms with van der Waals surface area (Å²) in [5.74, 6) is -0.623. The Hall–Kier alpha value is -1.97.